The number of amides is 12. The van der Waals surface area contributed by atoms with Crippen LogP contribution in [0.15, 0.2) is 58.5 Å². The van der Waals surface area contributed by atoms with E-state index in [1.54, 1.807) is 41.5 Å². The smallest absolute Gasteiger partial charge is 0.243 e. The Morgan fingerprint density at radius 3 is 1.16 bits per heavy atom. The summed E-state index contributed by atoms with van der Waals surface area (Å²) in [7, 11) is 0. The van der Waals surface area contributed by atoms with Gasteiger partial charge in [-0.3, -0.25) is 67.5 Å². The molecular formula is C59H94N18O14. The van der Waals surface area contributed by atoms with Crippen LogP contribution in [0.4, 0.5) is 0 Å². The highest BCUT2D eigenvalue weighted by atomic mass is 16.3. The summed E-state index contributed by atoms with van der Waals surface area (Å²) in [5, 5.41) is 43.1. The normalized spacial score (nSPS) is 14.6. The first kappa shape index (κ1) is 77.3. The molecule has 2 aromatic carbocycles. The fraction of sp³-hybridized carbons (Fsp3) is 0.559. The van der Waals surface area contributed by atoms with Crippen LogP contribution >= 0.6 is 0 Å². The third-order valence-corrected chi connectivity index (χ3v) is 14.5. The molecule has 2 aromatic rings. The summed E-state index contributed by atoms with van der Waals surface area (Å²) in [6.45, 7) is 11.5. The highest BCUT2D eigenvalue weighted by Crippen LogP contribution is 2.17. The average molecular weight is 1280 g/mol. The Balaban J connectivity index is 2.64. The molecule has 32 nitrogen and oxygen atoms in total. The standard InChI is InChI=1S/C59H94N18O14/c1-8-31(5)47(69-33(7)78)56(90)76-44(29-46(61)82)54(88)74-42(26-30(3)4)55(89)77-48(32(6)9-2)57(91)75-43(28-35-16-20-37(80)21-17-35)53(87)71-38(12-10-24-67-58(63)64)50(84)72-40(22-23-45(60)81)52(86)70-39(13-11-25-68-59(65)66)51(85)73-41(49(62)83)27-34-14-18-36(79)19-15-34/h14-21,30-32,38-44,47-48,79-80H,8-13,22-29H2,1-7H3,(H2,60,81)(H2,61,82)(H2,62,83)(H,69,78)(H,70,86)(H,71,87)(H,72,84)(H,73,85)(H,74,88)(H,75,91)(H,76,90)(H,77,89)(H4,63,64,67)(H4,65,66,68)/t31-,32-,38-,39-,40-,41-,42-,43-,44-,47-,48-/m0/s1. The number of nitrogens with two attached hydrogens (primary N) is 7. The molecule has 0 fully saturated rings. The number of hydrogen-bond donors (Lipinski definition) is 18. The van der Waals surface area contributed by atoms with Crippen molar-refractivity contribution in [1.82, 2.24) is 47.9 Å². The third kappa shape index (κ3) is 29.4. The summed E-state index contributed by atoms with van der Waals surface area (Å²) in [5.74, 6) is -12.9. The molecule has 0 aromatic heterocycles. The molecule has 504 valence electrons. The summed E-state index contributed by atoms with van der Waals surface area (Å²) in [4.78, 5) is 171. The first-order chi connectivity index (χ1) is 42.7. The quantitative estimate of drug-likeness (QED) is 0.0172. The summed E-state index contributed by atoms with van der Waals surface area (Å²) < 4.78 is 0. The van der Waals surface area contributed by atoms with Gasteiger partial charge in [0.15, 0.2) is 11.9 Å². The van der Waals surface area contributed by atoms with Crippen LogP contribution in [0.5, 0.6) is 11.5 Å². The van der Waals surface area contributed by atoms with Crippen molar-refractivity contribution < 1.29 is 67.7 Å². The van der Waals surface area contributed by atoms with Crippen molar-refractivity contribution in [3.05, 3.63) is 59.7 Å². The van der Waals surface area contributed by atoms with E-state index in [2.05, 4.69) is 57.8 Å². The zero-order chi connectivity index (χ0) is 68.7. The summed E-state index contributed by atoms with van der Waals surface area (Å²) >= 11 is 0. The number of nitrogens with zero attached hydrogens (tertiary/aromatic N) is 2. The number of hydrogen-bond acceptors (Lipinski definition) is 16. The third-order valence-electron chi connectivity index (χ3n) is 14.5. The van der Waals surface area contributed by atoms with Gasteiger partial charge in [-0.2, -0.15) is 0 Å². The molecule has 0 spiro atoms. The second kappa shape index (κ2) is 39.3. The van der Waals surface area contributed by atoms with Gasteiger partial charge in [0.2, 0.25) is 70.9 Å². The van der Waals surface area contributed by atoms with Gasteiger partial charge < -0.3 is 98.2 Å². The maximum atomic E-state index is 14.8. The predicted octanol–water partition coefficient (Wildman–Crippen LogP) is -3.86. The Morgan fingerprint density at radius 2 is 0.780 bits per heavy atom. The van der Waals surface area contributed by atoms with E-state index in [4.69, 9.17) is 40.1 Å². The Morgan fingerprint density at radius 1 is 0.429 bits per heavy atom. The van der Waals surface area contributed by atoms with Crippen molar-refractivity contribution in [2.75, 3.05) is 13.1 Å². The molecule has 0 unspecified atom stereocenters. The molecule has 0 aliphatic heterocycles. The molecule has 0 aliphatic rings. The number of benzene rings is 2. The maximum absolute atomic E-state index is 14.8. The minimum atomic E-state index is -1.64. The minimum Gasteiger partial charge on any atom is -0.508 e. The van der Waals surface area contributed by atoms with Crippen molar-refractivity contribution in [2.24, 2.45) is 67.9 Å². The van der Waals surface area contributed by atoms with Gasteiger partial charge in [0.25, 0.3) is 0 Å². The van der Waals surface area contributed by atoms with Crippen LogP contribution in [0.25, 0.3) is 0 Å². The monoisotopic (exact) mass is 1280 g/mol. The lowest BCUT2D eigenvalue weighted by Gasteiger charge is -2.30. The topological polar surface area (TPSA) is 560 Å². The van der Waals surface area contributed by atoms with E-state index in [1.807, 2.05) is 0 Å². The van der Waals surface area contributed by atoms with Gasteiger partial charge in [-0.25, -0.2) is 0 Å². The molecule has 0 saturated carbocycles. The second-order valence-electron chi connectivity index (χ2n) is 22.7. The van der Waals surface area contributed by atoms with E-state index in [0.29, 0.717) is 17.5 Å². The van der Waals surface area contributed by atoms with Crippen LogP contribution in [-0.4, -0.2) is 160 Å². The van der Waals surface area contributed by atoms with E-state index in [1.165, 1.54) is 55.5 Å². The van der Waals surface area contributed by atoms with E-state index < -0.39 is 156 Å². The van der Waals surface area contributed by atoms with Gasteiger partial charge in [-0.05, 0) is 91.7 Å². The lowest BCUT2D eigenvalue weighted by molar-refractivity contribution is -0.137. The van der Waals surface area contributed by atoms with Gasteiger partial charge >= 0.3 is 0 Å². The van der Waals surface area contributed by atoms with Crippen LogP contribution < -0.4 is 88.0 Å². The van der Waals surface area contributed by atoms with E-state index >= 15 is 0 Å². The number of phenolic OH excluding ortho intramolecular Hbond substituents is 2. The lowest BCUT2D eigenvalue weighted by Crippen LogP contribution is -2.62. The van der Waals surface area contributed by atoms with Crippen molar-refractivity contribution in [3.8, 4) is 11.5 Å². The van der Waals surface area contributed by atoms with Gasteiger partial charge in [-0.15, -0.1) is 0 Å². The highest BCUT2D eigenvalue weighted by molar-refractivity contribution is 5.99. The maximum Gasteiger partial charge on any atom is 0.243 e. The Kier molecular flexibility index (Phi) is 33.4. The molecule has 0 saturated heterocycles. The van der Waals surface area contributed by atoms with Crippen molar-refractivity contribution in [2.45, 2.75) is 180 Å². The summed E-state index contributed by atoms with van der Waals surface area (Å²) in [6.07, 6.45) is -1.58. The van der Waals surface area contributed by atoms with Crippen LogP contribution in [0, 0.1) is 17.8 Å². The van der Waals surface area contributed by atoms with Crippen molar-refractivity contribution >= 4 is 82.8 Å². The fourth-order valence-electron chi connectivity index (χ4n) is 9.14. The van der Waals surface area contributed by atoms with Crippen molar-refractivity contribution in [1.29, 1.82) is 0 Å². The van der Waals surface area contributed by atoms with E-state index in [0.717, 1.165) is 0 Å². The molecule has 11 atom stereocenters. The first-order valence-corrected chi connectivity index (χ1v) is 30.0. The molecule has 25 N–H and O–H groups in total. The molecular weight excluding hydrogens is 1180 g/mol. The number of nitrogens with one attached hydrogen (secondary N) is 9. The number of carbonyl (C=O) groups is 12. The van der Waals surface area contributed by atoms with E-state index in [-0.39, 0.29) is 93.8 Å². The minimum absolute atomic E-state index is 0.00876. The van der Waals surface area contributed by atoms with Gasteiger partial charge in [0.1, 0.15) is 65.9 Å². The number of carbonyl (C=O) groups excluding carboxylic acids is 12. The molecule has 32 heteroatoms. The summed E-state index contributed by atoms with van der Waals surface area (Å²) in [6, 6.07) is -1.75. The zero-order valence-corrected chi connectivity index (χ0v) is 52.7. The zero-order valence-electron chi connectivity index (χ0n) is 52.7. The lowest BCUT2D eigenvalue weighted by atomic mass is 9.95. The number of rotatable bonds is 41. The Hall–Kier alpha value is -9.78. The number of aromatic hydroxyl groups is 2. The molecule has 0 aliphatic carbocycles. The van der Waals surface area contributed by atoms with Gasteiger partial charge in [-0.1, -0.05) is 78.6 Å². The molecule has 0 heterocycles. The fourth-order valence-corrected chi connectivity index (χ4v) is 9.14. The van der Waals surface area contributed by atoms with Crippen LogP contribution in [-0.2, 0) is 70.4 Å². The molecule has 0 bridgehead atoms. The SMILES string of the molecule is CC[C@H](C)[C@H](NC(C)=O)C(=O)N[C@@H](CC(N)=O)C(=O)N[C@@H](CC(C)C)C(=O)N[C@H](C(=O)N[C@@H](Cc1ccc(O)cc1)C(=O)N[C@@H](CCCN=C(N)N)C(=O)N[C@@H](CCC(N)=O)C(=O)N[C@@H](CCCN=C(N)N)C(=O)N[C@@H](Cc1ccc(O)cc1)C(N)=O)[C@@H](C)CC. The molecule has 0 radical (unpaired) electrons. The number of guanidine groups is 2. The van der Waals surface area contributed by atoms with Crippen molar-refractivity contribution in [3.63, 3.8) is 0 Å². The predicted molar refractivity (Wildman–Crippen MR) is 336 cm³/mol. The Labute approximate surface area is 528 Å². The number of aliphatic imine (C=N–C) groups is 2. The largest absolute Gasteiger partial charge is 0.508 e. The number of phenols is 2. The molecule has 2 rings (SSSR count). The average Bonchev–Trinajstić information content (AvgIpc) is 1.10. The van der Waals surface area contributed by atoms with Gasteiger partial charge in [0.05, 0.1) is 6.42 Å². The Bertz CT molecular complexity index is 2870. The highest BCUT2D eigenvalue weighted by Gasteiger charge is 2.37. The van der Waals surface area contributed by atoms with Crippen LogP contribution in [0.3, 0.4) is 0 Å². The molecule has 91 heavy (non-hydrogen) atoms. The van der Waals surface area contributed by atoms with E-state index in [9.17, 15) is 67.7 Å². The second-order valence-corrected chi connectivity index (χ2v) is 22.7. The van der Waals surface area contributed by atoms with Crippen LogP contribution in [0.2, 0.25) is 0 Å². The summed E-state index contributed by atoms with van der Waals surface area (Å²) in [5.41, 5.74) is 39.7. The van der Waals surface area contributed by atoms with Gasteiger partial charge in [0, 0.05) is 39.3 Å². The van der Waals surface area contributed by atoms with Crippen LogP contribution in [0.1, 0.15) is 124 Å². The number of primary amides is 3. The first-order valence-electron chi connectivity index (χ1n) is 30.0. The molecule has 12 amide bonds.